The van der Waals surface area contributed by atoms with Gasteiger partial charge in [0.2, 0.25) is 0 Å². The zero-order valence-corrected chi connectivity index (χ0v) is 12.5. The molecule has 0 bridgehead atoms. The molecule has 0 radical (unpaired) electrons. The number of imidazole rings is 1. The molecule has 2 N–H and O–H groups in total. The van der Waals surface area contributed by atoms with Crippen molar-refractivity contribution < 1.29 is 5.11 Å². The van der Waals surface area contributed by atoms with E-state index in [4.69, 9.17) is 17.3 Å². The van der Waals surface area contributed by atoms with Gasteiger partial charge in [0.1, 0.15) is 10.2 Å². The lowest BCUT2D eigenvalue weighted by Crippen LogP contribution is -2.31. The zero-order valence-electron chi connectivity index (χ0n) is 10.8. The van der Waals surface area contributed by atoms with Gasteiger partial charge in [0, 0.05) is 12.8 Å². The summed E-state index contributed by atoms with van der Waals surface area (Å²) in [5.74, 6) is 0.947. The average molecular weight is 300 g/mol. The Bertz CT molecular complexity index is 701. The number of hydrogen-bond acceptors (Lipinski definition) is 5. The van der Waals surface area contributed by atoms with Crippen molar-refractivity contribution in [1.82, 2.24) is 19.1 Å². The Hall–Kier alpha value is -1.12. The molecule has 0 aliphatic carbocycles. The number of H-pyrrole nitrogens is 1. The van der Waals surface area contributed by atoms with Crippen molar-refractivity contribution in [2.24, 2.45) is 7.05 Å². The van der Waals surface area contributed by atoms with Crippen molar-refractivity contribution in [1.29, 1.82) is 0 Å². The highest BCUT2D eigenvalue weighted by atomic mass is 32.2. The van der Waals surface area contributed by atoms with Gasteiger partial charge in [0.25, 0.3) is 0 Å². The smallest absolute Gasteiger partial charge is 0.330 e. The van der Waals surface area contributed by atoms with Crippen LogP contribution in [0.2, 0.25) is 0 Å². The fourth-order valence-electron chi connectivity index (χ4n) is 1.78. The number of fused-ring (bicyclic) bond motifs is 1. The molecule has 0 unspecified atom stereocenters. The normalized spacial score (nSPS) is 11.3. The minimum absolute atomic E-state index is 0.115. The first-order chi connectivity index (χ1) is 9.10. The van der Waals surface area contributed by atoms with Gasteiger partial charge in [0.15, 0.2) is 10.8 Å². The third-order valence-corrected chi connectivity index (χ3v) is 4.28. The molecule has 0 spiro atoms. The molecule has 0 aliphatic rings. The van der Waals surface area contributed by atoms with Crippen LogP contribution in [0.5, 0.6) is 0 Å². The summed E-state index contributed by atoms with van der Waals surface area (Å²) in [5.41, 5.74) is 0.926. The molecule has 0 saturated heterocycles. The van der Waals surface area contributed by atoms with Crippen LogP contribution >= 0.6 is 24.0 Å². The molecule has 2 heterocycles. The molecule has 2 aromatic rings. The van der Waals surface area contributed by atoms with Crippen LogP contribution in [0.25, 0.3) is 11.2 Å². The fraction of sp³-hybridized carbons (Fsp3) is 0.545. The second kappa shape index (κ2) is 5.89. The molecule has 6 nitrogen and oxygen atoms in total. The molecule has 2 aromatic heterocycles. The topological polar surface area (TPSA) is 75.8 Å². The lowest BCUT2D eigenvalue weighted by atomic mass is 10.5. The monoisotopic (exact) mass is 300 g/mol. The third-order valence-electron chi connectivity index (χ3n) is 2.72. The maximum atomic E-state index is 12.1. The Kier molecular flexibility index (Phi) is 4.43. The van der Waals surface area contributed by atoms with Crippen LogP contribution in [0.15, 0.2) is 9.95 Å². The number of aromatic nitrogens is 4. The Morgan fingerprint density at radius 2 is 2.26 bits per heavy atom. The van der Waals surface area contributed by atoms with E-state index in [2.05, 4.69) is 16.9 Å². The SMILES string of the molecule is CCCSc1nc2c([nH]1)c(=S)n(C)c(=O)n2CCO. The number of aromatic amines is 1. The zero-order chi connectivity index (χ0) is 14.0. The molecule has 0 fully saturated rings. The van der Waals surface area contributed by atoms with E-state index >= 15 is 0 Å². The first-order valence-corrected chi connectivity index (χ1v) is 7.42. The molecule has 0 amide bonds. The standard InChI is InChI=1S/C11H16N4O2S2/c1-3-6-19-10-12-7-8(13-10)15(4-5-16)11(17)14(2)9(7)18/h16H,3-6H2,1-2H3,(H,12,13). The number of thioether (sulfide) groups is 1. The second-order valence-electron chi connectivity index (χ2n) is 4.11. The van der Waals surface area contributed by atoms with Crippen LogP contribution < -0.4 is 5.69 Å². The Morgan fingerprint density at radius 1 is 1.53 bits per heavy atom. The van der Waals surface area contributed by atoms with E-state index in [1.165, 1.54) is 9.13 Å². The molecule has 19 heavy (non-hydrogen) atoms. The molecule has 0 aliphatic heterocycles. The van der Waals surface area contributed by atoms with E-state index in [1.54, 1.807) is 18.8 Å². The molecule has 104 valence electrons. The van der Waals surface area contributed by atoms with Crippen molar-refractivity contribution >= 4 is 35.1 Å². The highest BCUT2D eigenvalue weighted by Crippen LogP contribution is 2.19. The Labute approximate surface area is 119 Å². The maximum absolute atomic E-state index is 12.1. The highest BCUT2D eigenvalue weighted by Gasteiger charge is 2.13. The van der Waals surface area contributed by atoms with Crippen LogP contribution in [0, 0.1) is 4.64 Å². The largest absolute Gasteiger partial charge is 0.395 e. The Morgan fingerprint density at radius 3 is 2.89 bits per heavy atom. The average Bonchev–Trinajstić information content (AvgIpc) is 2.83. The van der Waals surface area contributed by atoms with Crippen molar-refractivity contribution in [3.8, 4) is 0 Å². The predicted molar refractivity (Wildman–Crippen MR) is 78.3 cm³/mol. The van der Waals surface area contributed by atoms with Crippen molar-refractivity contribution in [2.75, 3.05) is 12.4 Å². The number of nitrogens with one attached hydrogen (secondary N) is 1. The van der Waals surface area contributed by atoms with E-state index < -0.39 is 0 Å². The van der Waals surface area contributed by atoms with E-state index in [-0.39, 0.29) is 18.8 Å². The van der Waals surface area contributed by atoms with Gasteiger partial charge in [-0.1, -0.05) is 30.9 Å². The molecule has 8 heteroatoms. The van der Waals surface area contributed by atoms with Crippen LogP contribution in [-0.2, 0) is 13.6 Å². The molecule has 0 atom stereocenters. The summed E-state index contributed by atoms with van der Waals surface area (Å²) in [6.45, 7) is 2.19. The summed E-state index contributed by atoms with van der Waals surface area (Å²) in [5, 5.41) is 9.82. The first-order valence-electron chi connectivity index (χ1n) is 6.03. The number of hydrogen-bond donors (Lipinski definition) is 2. The van der Waals surface area contributed by atoms with Crippen molar-refractivity contribution in [2.45, 2.75) is 25.0 Å². The first kappa shape index (κ1) is 14.3. The van der Waals surface area contributed by atoms with E-state index in [0.717, 1.165) is 17.3 Å². The summed E-state index contributed by atoms with van der Waals surface area (Å²) in [4.78, 5) is 19.7. The van der Waals surface area contributed by atoms with Gasteiger partial charge in [-0.15, -0.1) is 0 Å². The summed E-state index contributed by atoms with van der Waals surface area (Å²) < 4.78 is 3.27. The lowest BCUT2D eigenvalue weighted by molar-refractivity contribution is 0.274. The number of aliphatic hydroxyl groups excluding tert-OH is 1. The van der Waals surface area contributed by atoms with Crippen LogP contribution in [0.4, 0.5) is 0 Å². The third kappa shape index (κ3) is 2.60. The maximum Gasteiger partial charge on any atom is 0.330 e. The van der Waals surface area contributed by atoms with Gasteiger partial charge in [0.05, 0.1) is 13.2 Å². The van der Waals surface area contributed by atoms with E-state index in [0.29, 0.717) is 15.8 Å². The minimum Gasteiger partial charge on any atom is -0.395 e. The van der Waals surface area contributed by atoms with Gasteiger partial charge in [-0.25, -0.2) is 9.78 Å². The highest BCUT2D eigenvalue weighted by molar-refractivity contribution is 7.99. The van der Waals surface area contributed by atoms with Crippen LogP contribution in [0.3, 0.4) is 0 Å². The number of rotatable bonds is 5. The molecule has 2 rings (SSSR count). The van der Waals surface area contributed by atoms with Gasteiger partial charge in [-0.05, 0) is 6.42 Å². The van der Waals surface area contributed by atoms with Crippen molar-refractivity contribution in [3.63, 3.8) is 0 Å². The summed E-state index contributed by atoms with van der Waals surface area (Å²) in [6, 6.07) is 0. The lowest BCUT2D eigenvalue weighted by Gasteiger charge is -2.07. The van der Waals surface area contributed by atoms with Gasteiger partial charge in [-0.3, -0.25) is 9.13 Å². The predicted octanol–water partition coefficient (Wildman–Crippen LogP) is 1.29. The molecular weight excluding hydrogens is 284 g/mol. The van der Waals surface area contributed by atoms with Gasteiger partial charge < -0.3 is 10.1 Å². The summed E-state index contributed by atoms with van der Waals surface area (Å²) >= 11 is 6.85. The number of aliphatic hydroxyl groups is 1. The number of nitrogens with zero attached hydrogens (tertiary/aromatic N) is 3. The van der Waals surface area contributed by atoms with Gasteiger partial charge >= 0.3 is 5.69 Å². The van der Waals surface area contributed by atoms with E-state index in [9.17, 15) is 4.79 Å². The minimum atomic E-state index is -0.259. The van der Waals surface area contributed by atoms with Crippen molar-refractivity contribution in [3.05, 3.63) is 15.1 Å². The fourth-order valence-corrected chi connectivity index (χ4v) is 2.73. The summed E-state index contributed by atoms with van der Waals surface area (Å²) in [7, 11) is 1.62. The quantitative estimate of drug-likeness (QED) is 0.643. The van der Waals surface area contributed by atoms with Gasteiger partial charge in [-0.2, -0.15) is 0 Å². The van der Waals surface area contributed by atoms with Crippen LogP contribution in [0.1, 0.15) is 13.3 Å². The molecular formula is C11H16N4O2S2. The summed E-state index contributed by atoms with van der Waals surface area (Å²) in [6.07, 6.45) is 1.04. The second-order valence-corrected chi connectivity index (χ2v) is 5.58. The molecule has 0 saturated carbocycles. The Balaban J connectivity index is 2.67. The molecule has 0 aromatic carbocycles. The van der Waals surface area contributed by atoms with E-state index in [1.807, 2.05) is 0 Å². The van der Waals surface area contributed by atoms with Crippen LogP contribution in [-0.4, -0.2) is 36.6 Å².